The summed E-state index contributed by atoms with van der Waals surface area (Å²) in [7, 11) is -7.68. The number of aryl methyl sites for hydroxylation is 1. The first-order valence-electron chi connectivity index (χ1n) is 7.95. The van der Waals surface area contributed by atoms with Crippen molar-refractivity contribution in [1.82, 2.24) is 4.72 Å². The van der Waals surface area contributed by atoms with Crippen LogP contribution in [-0.4, -0.2) is 22.9 Å². The molecule has 0 heterocycles. The third-order valence-electron chi connectivity index (χ3n) is 3.66. The van der Waals surface area contributed by atoms with E-state index in [1.807, 2.05) is 0 Å². The zero-order chi connectivity index (χ0) is 20.6. The molecule has 0 saturated carbocycles. The van der Waals surface area contributed by atoms with Crippen LogP contribution in [0.5, 0.6) is 0 Å². The Kier molecular flexibility index (Phi) is 6.48. The summed E-state index contributed by atoms with van der Waals surface area (Å²) in [6.45, 7) is 6.64. The lowest BCUT2D eigenvalue weighted by Crippen LogP contribution is -2.30. The van der Waals surface area contributed by atoms with Crippen molar-refractivity contribution in [3.8, 4) is 0 Å². The minimum absolute atomic E-state index is 0.0342. The van der Waals surface area contributed by atoms with Crippen LogP contribution in [0.3, 0.4) is 0 Å². The fourth-order valence-electron chi connectivity index (χ4n) is 2.42. The fourth-order valence-corrected chi connectivity index (χ4v) is 5.94. The van der Waals surface area contributed by atoms with E-state index in [0.29, 0.717) is 16.1 Å². The highest BCUT2D eigenvalue weighted by Crippen LogP contribution is 2.34. The van der Waals surface area contributed by atoms with Gasteiger partial charge in [-0.15, -0.1) is 0 Å². The van der Waals surface area contributed by atoms with Crippen LogP contribution in [0.2, 0.25) is 10.0 Å². The number of sulfonamides is 2. The third kappa shape index (κ3) is 4.94. The summed E-state index contributed by atoms with van der Waals surface area (Å²) in [5, 5.41) is 0.378. The first-order chi connectivity index (χ1) is 12.3. The Hall–Kier alpha value is -1.32. The molecule has 0 fully saturated rings. The normalized spacial score (nSPS) is 12.4. The van der Waals surface area contributed by atoms with Crippen molar-refractivity contribution in [3.05, 3.63) is 51.5 Å². The molecule has 0 saturated heterocycles. The van der Waals surface area contributed by atoms with E-state index in [1.54, 1.807) is 33.8 Å². The zero-order valence-corrected chi connectivity index (χ0v) is 18.3. The first kappa shape index (κ1) is 22.0. The van der Waals surface area contributed by atoms with Crippen molar-refractivity contribution < 1.29 is 16.8 Å². The van der Waals surface area contributed by atoms with Gasteiger partial charge >= 0.3 is 0 Å². The summed E-state index contributed by atoms with van der Waals surface area (Å²) in [6.07, 6.45) is 0. The Bertz CT molecular complexity index is 1040. The molecule has 10 heteroatoms. The van der Waals surface area contributed by atoms with Crippen LogP contribution in [0, 0.1) is 13.8 Å². The number of rotatable bonds is 6. The van der Waals surface area contributed by atoms with Crippen molar-refractivity contribution in [3.63, 3.8) is 0 Å². The molecule has 0 spiro atoms. The molecule has 0 amide bonds. The predicted octanol–water partition coefficient (Wildman–Crippen LogP) is 4.10. The van der Waals surface area contributed by atoms with Gasteiger partial charge in [-0.2, -0.15) is 0 Å². The SMILES string of the molecule is Cc1cc(Cl)c(C)c(S(=O)(=O)Nc2ccc(S(=O)(=O)NC(C)C)cc2)c1Cl. The maximum Gasteiger partial charge on any atom is 0.263 e. The Balaban J connectivity index is 2.38. The molecule has 0 aromatic heterocycles. The van der Waals surface area contributed by atoms with E-state index < -0.39 is 20.0 Å². The van der Waals surface area contributed by atoms with Crippen molar-refractivity contribution >= 4 is 48.9 Å². The van der Waals surface area contributed by atoms with Crippen molar-refractivity contribution in [2.45, 2.75) is 43.5 Å². The highest BCUT2D eigenvalue weighted by molar-refractivity contribution is 7.93. The Labute approximate surface area is 170 Å². The van der Waals surface area contributed by atoms with Gasteiger partial charge < -0.3 is 0 Å². The standard InChI is InChI=1S/C17H20Cl2N2O4S2/c1-10(2)20-26(22,23)14-7-5-13(6-8-14)21-27(24,25)17-12(4)15(18)9-11(3)16(17)19/h5-10,20-21H,1-4H3. The van der Waals surface area contributed by atoms with Crippen LogP contribution in [0.25, 0.3) is 0 Å². The van der Waals surface area contributed by atoms with Gasteiger partial charge in [-0.05, 0) is 69.2 Å². The van der Waals surface area contributed by atoms with Crippen LogP contribution >= 0.6 is 23.2 Å². The van der Waals surface area contributed by atoms with E-state index >= 15 is 0 Å². The number of benzene rings is 2. The molecule has 2 aromatic carbocycles. The summed E-state index contributed by atoms with van der Waals surface area (Å²) in [4.78, 5) is -0.0701. The second-order valence-corrected chi connectivity index (χ2v) is 10.5. The lowest BCUT2D eigenvalue weighted by atomic mass is 10.2. The van der Waals surface area contributed by atoms with Gasteiger partial charge in [0.2, 0.25) is 10.0 Å². The van der Waals surface area contributed by atoms with Gasteiger partial charge in [0.05, 0.1) is 9.92 Å². The molecular weight excluding hydrogens is 431 g/mol. The number of hydrogen-bond donors (Lipinski definition) is 2. The average molecular weight is 451 g/mol. The molecule has 148 valence electrons. The van der Waals surface area contributed by atoms with Crippen LogP contribution in [0.4, 0.5) is 5.69 Å². The molecule has 0 atom stereocenters. The lowest BCUT2D eigenvalue weighted by molar-refractivity contribution is 0.570. The molecule has 0 aliphatic rings. The predicted molar refractivity (Wildman–Crippen MR) is 109 cm³/mol. The Morgan fingerprint density at radius 1 is 0.926 bits per heavy atom. The van der Waals surface area contributed by atoms with Gasteiger partial charge in [-0.25, -0.2) is 21.6 Å². The molecule has 0 bridgehead atoms. The van der Waals surface area contributed by atoms with Gasteiger partial charge in [-0.1, -0.05) is 23.2 Å². The van der Waals surface area contributed by atoms with E-state index in [4.69, 9.17) is 23.2 Å². The Morgan fingerprint density at radius 3 is 2.00 bits per heavy atom. The Morgan fingerprint density at radius 2 is 1.48 bits per heavy atom. The van der Waals surface area contributed by atoms with Gasteiger partial charge in [-0.3, -0.25) is 4.72 Å². The number of nitrogens with one attached hydrogen (secondary N) is 2. The summed E-state index contributed by atoms with van der Waals surface area (Å²) < 4.78 is 54.7. The fraction of sp³-hybridized carbons (Fsp3) is 0.294. The van der Waals surface area contributed by atoms with Gasteiger partial charge in [0.25, 0.3) is 10.0 Å². The van der Waals surface area contributed by atoms with Crippen molar-refractivity contribution in [2.24, 2.45) is 0 Å². The zero-order valence-electron chi connectivity index (χ0n) is 15.2. The number of halogens is 2. The maximum absolute atomic E-state index is 12.8. The minimum atomic E-state index is -4.02. The molecule has 27 heavy (non-hydrogen) atoms. The number of anilines is 1. The molecule has 0 radical (unpaired) electrons. The lowest BCUT2D eigenvalue weighted by Gasteiger charge is -2.15. The second-order valence-electron chi connectivity index (χ2n) is 6.35. The van der Waals surface area contributed by atoms with Gasteiger partial charge in [0, 0.05) is 16.8 Å². The molecule has 6 nitrogen and oxygen atoms in total. The first-order valence-corrected chi connectivity index (χ1v) is 11.7. The monoisotopic (exact) mass is 450 g/mol. The topological polar surface area (TPSA) is 92.3 Å². The van der Waals surface area contributed by atoms with Crippen LogP contribution in [0.1, 0.15) is 25.0 Å². The van der Waals surface area contributed by atoms with Crippen LogP contribution in [-0.2, 0) is 20.0 Å². The molecule has 0 aliphatic heterocycles. The molecule has 0 aliphatic carbocycles. The number of hydrogen-bond acceptors (Lipinski definition) is 4. The van der Waals surface area contributed by atoms with Crippen LogP contribution in [0.15, 0.2) is 40.1 Å². The van der Waals surface area contributed by atoms with Gasteiger partial charge in [0.1, 0.15) is 4.90 Å². The average Bonchev–Trinajstić information content (AvgIpc) is 2.52. The third-order valence-corrected chi connectivity index (χ3v) is 7.88. The highest BCUT2D eigenvalue weighted by atomic mass is 35.5. The molecule has 2 N–H and O–H groups in total. The van der Waals surface area contributed by atoms with Crippen molar-refractivity contribution in [2.75, 3.05) is 4.72 Å². The molecule has 0 unspecified atom stereocenters. The summed E-state index contributed by atoms with van der Waals surface area (Å²) in [5.74, 6) is 0. The second kappa shape index (κ2) is 7.97. The van der Waals surface area contributed by atoms with E-state index in [-0.39, 0.29) is 26.5 Å². The van der Waals surface area contributed by atoms with E-state index in [0.717, 1.165) is 0 Å². The molecule has 2 rings (SSSR count). The molecule has 2 aromatic rings. The van der Waals surface area contributed by atoms with E-state index in [1.165, 1.54) is 24.3 Å². The van der Waals surface area contributed by atoms with Crippen LogP contribution < -0.4 is 9.44 Å². The quantitative estimate of drug-likeness (QED) is 0.692. The summed E-state index contributed by atoms with van der Waals surface area (Å²) in [6, 6.07) is 6.71. The maximum atomic E-state index is 12.8. The van der Waals surface area contributed by atoms with Crippen molar-refractivity contribution in [1.29, 1.82) is 0 Å². The summed E-state index contributed by atoms with van der Waals surface area (Å²) in [5.41, 5.74) is 1.07. The highest BCUT2D eigenvalue weighted by Gasteiger charge is 2.24. The van der Waals surface area contributed by atoms with E-state index in [9.17, 15) is 16.8 Å². The smallest absolute Gasteiger partial charge is 0.263 e. The molecular formula is C17H20Cl2N2O4S2. The van der Waals surface area contributed by atoms with Gasteiger partial charge in [0.15, 0.2) is 0 Å². The largest absolute Gasteiger partial charge is 0.280 e. The van der Waals surface area contributed by atoms with E-state index in [2.05, 4.69) is 9.44 Å². The minimum Gasteiger partial charge on any atom is -0.280 e. The summed E-state index contributed by atoms with van der Waals surface area (Å²) >= 11 is 12.3.